The highest BCUT2D eigenvalue weighted by atomic mass is 32.2. The van der Waals surface area contributed by atoms with Gasteiger partial charge >= 0.3 is 0 Å². The van der Waals surface area contributed by atoms with Gasteiger partial charge in [-0.05, 0) is 31.9 Å². The Bertz CT molecular complexity index is 473. The van der Waals surface area contributed by atoms with E-state index in [2.05, 4.69) is 4.72 Å². The fourth-order valence-electron chi connectivity index (χ4n) is 1.54. The Morgan fingerprint density at radius 3 is 2.29 bits per heavy atom. The molecule has 0 aliphatic rings. The molecule has 0 saturated carbocycles. The molecule has 0 spiro atoms. The summed E-state index contributed by atoms with van der Waals surface area (Å²) in [5.41, 5.74) is 1.87. The number of hydrogen-bond acceptors (Lipinski definition) is 2. The van der Waals surface area contributed by atoms with Crippen LogP contribution in [0.4, 0.5) is 0 Å². The molecule has 0 fully saturated rings. The van der Waals surface area contributed by atoms with Crippen molar-refractivity contribution in [2.24, 2.45) is 0 Å². The van der Waals surface area contributed by atoms with Crippen LogP contribution in [0.2, 0.25) is 0 Å². The van der Waals surface area contributed by atoms with E-state index in [0.29, 0.717) is 0 Å². The van der Waals surface area contributed by atoms with Gasteiger partial charge in [0, 0.05) is 6.04 Å². The van der Waals surface area contributed by atoms with Crippen LogP contribution < -0.4 is 4.72 Å². The Morgan fingerprint density at radius 1 is 1.24 bits per heavy atom. The summed E-state index contributed by atoms with van der Waals surface area (Å²) in [4.78, 5) is 0. The molecule has 0 bridgehead atoms. The van der Waals surface area contributed by atoms with Gasteiger partial charge in [-0.3, -0.25) is 0 Å². The maximum atomic E-state index is 11.7. The third kappa shape index (κ3) is 5.15. The quantitative estimate of drug-likeness (QED) is 0.876. The van der Waals surface area contributed by atoms with Crippen molar-refractivity contribution in [3.63, 3.8) is 0 Å². The number of benzene rings is 1. The first-order chi connectivity index (χ1) is 7.93. The molecule has 94 valence electrons. The lowest BCUT2D eigenvalue weighted by atomic mass is 10.1. The largest absolute Gasteiger partial charge is 0.216 e. The predicted octanol–water partition coefficient (Wildman–Crippen LogP) is 2.55. The van der Waals surface area contributed by atoms with Gasteiger partial charge in [-0.25, -0.2) is 13.1 Å². The zero-order valence-corrected chi connectivity index (χ0v) is 11.3. The van der Waals surface area contributed by atoms with Gasteiger partial charge in [0.15, 0.2) is 0 Å². The second kappa shape index (κ2) is 5.98. The van der Waals surface area contributed by atoms with E-state index in [1.54, 1.807) is 0 Å². The van der Waals surface area contributed by atoms with Crippen molar-refractivity contribution in [1.29, 1.82) is 0 Å². The molecule has 1 aromatic rings. The van der Waals surface area contributed by atoms with Gasteiger partial charge in [0.1, 0.15) is 0 Å². The lowest BCUT2D eigenvalue weighted by molar-refractivity contribution is 0.569. The van der Waals surface area contributed by atoms with Crippen LogP contribution in [-0.2, 0) is 15.8 Å². The number of sulfonamides is 1. The van der Waals surface area contributed by atoms with Crippen LogP contribution in [-0.4, -0.2) is 14.5 Å². The number of hydrogen-bond donors (Lipinski definition) is 1. The topological polar surface area (TPSA) is 46.2 Å². The third-order valence-electron chi connectivity index (χ3n) is 2.11. The van der Waals surface area contributed by atoms with Crippen LogP contribution in [0, 0.1) is 0 Å². The Kier molecular flexibility index (Phi) is 4.90. The molecule has 0 aliphatic heterocycles. The SMILES string of the molecule is C/C=C/c1ccc(CS(=O)(=O)NC(C)C)cc1. The standard InChI is InChI=1S/C13H19NO2S/c1-4-5-12-6-8-13(9-7-12)10-17(15,16)14-11(2)3/h4-9,11,14H,10H2,1-3H3/b5-4+. The highest BCUT2D eigenvalue weighted by Crippen LogP contribution is 2.09. The molecule has 0 radical (unpaired) electrons. The van der Waals surface area contributed by atoms with Gasteiger partial charge in [0.05, 0.1) is 5.75 Å². The number of allylic oxidation sites excluding steroid dienone is 1. The summed E-state index contributed by atoms with van der Waals surface area (Å²) in [7, 11) is -3.23. The van der Waals surface area contributed by atoms with Crippen molar-refractivity contribution in [3.05, 3.63) is 41.5 Å². The fourth-order valence-corrected chi connectivity index (χ4v) is 2.97. The molecular formula is C13H19NO2S. The van der Waals surface area contributed by atoms with Crippen molar-refractivity contribution in [2.45, 2.75) is 32.6 Å². The third-order valence-corrected chi connectivity index (χ3v) is 3.65. The molecule has 3 nitrogen and oxygen atoms in total. The second-order valence-corrected chi connectivity index (χ2v) is 6.03. The highest BCUT2D eigenvalue weighted by Gasteiger charge is 2.12. The average molecular weight is 253 g/mol. The van der Waals surface area contributed by atoms with E-state index in [0.717, 1.165) is 11.1 Å². The van der Waals surface area contributed by atoms with Crippen LogP contribution >= 0.6 is 0 Å². The Labute approximate surface area is 104 Å². The van der Waals surface area contributed by atoms with Gasteiger partial charge in [-0.2, -0.15) is 0 Å². The van der Waals surface area contributed by atoms with Crippen molar-refractivity contribution in [2.75, 3.05) is 0 Å². The molecule has 1 N–H and O–H groups in total. The maximum Gasteiger partial charge on any atom is 0.216 e. The van der Waals surface area contributed by atoms with Crippen LogP contribution in [0.3, 0.4) is 0 Å². The van der Waals surface area contributed by atoms with Crippen LogP contribution in [0.25, 0.3) is 6.08 Å². The molecule has 0 aromatic heterocycles. The minimum absolute atomic E-state index is 0.0291. The van der Waals surface area contributed by atoms with E-state index in [-0.39, 0.29) is 11.8 Å². The molecule has 4 heteroatoms. The Morgan fingerprint density at radius 2 is 1.82 bits per heavy atom. The smallest absolute Gasteiger partial charge is 0.212 e. The van der Waals surface area contributed by atoms with Gasteiger partial charge in [0.2, 0.25) is 10.0 Å². The summed E-state index contributed by atoms with van der Waals surface area (Å²) in [6, 6.07) is 7.45. The zero-order valence-electron chi connectivity index (χ0n) is 10.5. The summed E-state index contributed by atoms with van der Waals surface area (Å²) in [6.07, 6.45) is 3.93. The molecule has 0 aliphatic carbocycles. The Balaban J connectivity index is 2.75. The molecule has 0 unspecified atom stereocenters. The van der Waals surface area contributed by atoms with E-state index in [4.69, 9.17) is 0 Å². The molecule has 17 heavy (non-hydrogen) atoms. The maximum absolute atomic E-state index is 11.7. The van der Waals surface area contributed by atoms with E-state index in [1.165, 1.54) is 0 Å². The minimum atomic E-state index is -3.23. The van der Waals surface area contributed by atoms with E-state index in [9.17, 15) is 8.42 Å². The lowest BCUT2D eigenvalue weighted by Crippen LogP contribution is -2.31. The number of rotatable bonds is 5. The molecule has 1 aromatic carbocycles. The fraction of sp³-hybridized carbons (Fsp3) is 0.385. The monoisotopic (exact) mass is 253 g/mol. The molecule has 0 heterocycles. The van der Waals surface area contributed by atoms with Crippen molar-refractivity contribution in [3.8, 4) is 0 Å². The zero-order chi connectivity index (χ0) is 12.9. The highest BCUT2D eigenvalue weighted by molar-refractivity contribution is 7.88. The summed E-state index contributed by atoms with van der Waals surface area (Å²) in [5, 5.41) is 0. The summed E-state index contributed by atoms with van der Waals surface area (Å²) in [5.74, 6) is 0.0291. The minimum Gasteiger partial charge on any atom is -0.212 e. The molecule has 0 amide bonds. The van der Waals surface area contributed by atoms with Crippen LogP contribution in [0.5, 0.6) is 0 Å². The molecule has 0 saturated heterocycles. The van der Waals surface area contributed by atoms with Gasteiger partial charge in [-0.1, -0.05) is 36.4 Å². The van der Waals surface area contributed by atoms with E-state index < -0.39 is 10.0 Å². The van der Waals surface area contributed by atoms with Crippen molar-refractivity contribution < 1.29 is 8.42 Å². The van der Waals surface area contributed by atoms with Crippen molar-refractivity contribution in [1.82, 2.24) is 4.72 Å². The van der Waals surface area contributed by atoms with Crippen molar-refractivity contribution >= 4 is 16.1 Å². The van der Waals surface area contributed by atoms with Crippen LogP contribution in [0.1, 0.15) is 31.9 Å². The second-order valence-electron chi connectivity index (χ2n) is 4.27. The Hall–Kier alpha value is -1.13. The average Bonchev–Trinajstić information content (AvgIpc) is 2.18. The van der Waals surface area contributed by atoms with Crippen LogP contribution in [0.15, 0.2) is 30.3 Å². The van der Waals surface area contributed by atoms with Gasteiger partial charge in [-0.15, -0.1) is 0 Å². The van der Waals surface area contributed by atoms with E-state index in [1.807, 2.05) is 57.2 Å². The summed E-state index contributed by atoms with van der Waals surface area (Å²) >= 11 is 0. The van der Waals surface area contributed by atoms with E-state index >= 15 is 0 Å². The predicted molar refractivity (Wildman–Crippen MR) is 72.0 cm³/mol. The molecule has 1 rings (SSSR count). The molecular weight excluding hydrogens is 234 g/mol. The van der Waals surface area contributed by atoms with Gasteiger partial charge < -0.3 is 0 Å². The first kappa shape index (κ1) is 13.9. The number of nitrogens with one attached hydrogen (secondary N) is 1. The normalized spacial score (nSPS) is 12.5. The summed E-state index contributed by atoms with van der Waals surface area (Å²) < 4.78 is 26.0. The van der Waals surface area contributed by atoms with Gasteiger partial charge in [0.25, 0.3) is 0 Å². The lowest BCUT2D eigenvalue weighted by Gasteiger charge is -2.09. The first-order valence-corrected chi connectivity index (χ1v) is 7.30. The summed E-state index contributed by atoms with van der Waals surface area (Å²) in [6.45, 7) is 5.57. The first-order valence-electron chi connectivity index (χ1n) is 5.64. The molecule has 0 atom stereocenters.